The second-order valence-electron chi connectivity index (χ2n) is 7.02. The van der Waals surface area contributed by atoms with Crippen molar-refractivity contribution in [3.05, 3.63) is 69.9 Å². The highest BCUT2D eigenvalue weighted by Crippen LogP contribution is 2.34. The van der Waals surface area contributed by atoms with Crippen LogP contribution in [0, 0.1) is 0 Å². The minimum atomic E-state index is -1.21. The summed E-state index contributed by atoms with van der Waals surface area (Å²) in [6.07, 6.45) is 0.847. The number of thiophene rings is 1. The number of benzene rings is 2. The molecule has 0 aliphatic carbocycles. The molecule has 3 amide bonds. The van der Waals surface area contributed by atoms with E-state index in [1.165, 1.54) is 11.3 Å². The Labute approximate surface area is 167 Å². The van der Waals surface area contributed by atoms with Gasteiger partial charge in [-0.15, -0.1) is 11.3 Å². The Balaban J connectivity index is 1.65. The predicted octanol–water partition coefficient (Wildman–Crippen LogP) is 4.11. The lowest BCUT2D eigenvalue weighted by atomic mass is 9.88. The van der Waals surface area contributed by atoms with E-state index in [-0.39, 0.29) is 12.3 Å². The minimum absolute atomic E-state index is 0.227. The Morgan fingerprint density at radius 1 is 1.07 bits per heavy atom. The molecule has 28 heavy (non-hydrogen) atoms. The Morgan fingerprint density at radius 3 is 2.57 bits per heavy atom. The van der Waals surface area contributed by atoms with Crippen LogP contribution in [0.25, 0.3) is 10.8 Å². The molecule has 4 rings (SSSR count). The molecule has 1 saturated heterocycles. The zero-order valence-electron chi connectivity index (χ0n) is 15.7. The maximum absolute atomic E-state index is 13.2. The molecule has 1 fully saturated rings. The Bertz CT molecular complexity index is 1100. The molecule has 6 heteroatoms. The van der Waals surface area contributed by atoms with Crippen molar-refractivity contribution in [3.63, 3.8) is 0 Å². The van der Waals surface area contributed by atoms with Crippen molar-refractivity contribution >= 4 is 39.8 Å². The summed E-state index contributed by atoms with van der Waals surface area (Å²) in [6.45, 7) is 3.46. The van der Waals surface area contributed by atoms with Crippen LogP contribution in [0.3, 0.4) is 0 Å². The molecule has 3 aromatic rings. The van der Waals surface area contributed by atoms with E-state index in [0.29, 0.717) is 4.88 Å². The average Bonchev–Trinajstić information content (AvgIpc) is 3.27. The summed E-state index contributed by atoms with van der Waals surface area (Å²) in [4.78, 5) is 41.1. The SMILES string of the molecule is CCc1ccc(C(=O)CN2C(=O)NC(C)(c3cccc4ccccc34)C2=O)s1. The number of hydrogen-bond acceptors (Lipinski definition) is 4. The van der Waals surface area contributed by atoms with E-state index in [0.717, 1.165) is 32.5 Å². The van der Waals surface area contributed by atoms with E-state index in [2.05, 4.69) is 5.32 Å². The number of carbonyl (C=O) groups excluding carboxylic acids is 3. The van der Waals surface area contributed by atoms with Gasteiger partial charge in [-0.2, -0.15) is 0 Å². The second kappa shape index (κ2) is 6.87. The number of Topliss-reactive ketones (excluding diaryl/α,β-unsaturated/α-hetero) is 1. The first kappa shape index (κ1) is 18.4. The number of nitrogens with zero attached hydrogens (tertiary/aromatic N) is 1. The average molecular weight is 392 g/mol. The van der Waals surface area contributed by atoms with Gasteiger partial charge in [0.2, 0.25) is 0 Å². The monoisotopic (exact) mass is 392 g/mol. The summed E-state index contributed by atoms with van der Waals surface area (Å²) in [7, 11) is 0. The van der Waals surface area contributed by atoms with Gasteiger partial charge in [-0.3, -0.25) is 14.5 Å². The molecule has 0 spiro atoms. The van der Waals surface area contributed by atoms with Crippen LogP contribution >= 0.6 is 11.3 Å². The first-order chi connectivity index (χ1) is 13.4. The van der Waals surface area contributed by atoms with Crippen LogP contribution in [0.5, 0.6) is 0 Å². The third-order valence-corrected chi connectivity index (χ3v) is 6.46. The van der Waals surface area contributed by atoms with Gasteiger partial charge in [-0.1, -0.05) is 49.4 Å². The normalized spacial score (nSPS) is 19.3. The summed E-state index contributed by atoms with van der Waals surface area (Å²) in [5.74, 6) is -0.634. The quantitative estimate of drug-likeness (QED) is 0.525. The lowest BCUT2D eigenvalue weighted by Crippen LogP contribution is -2.41. The number of imide groups is 1. The number of hydrogen-bond donors (Lipinski definition) is 1. The number of nitrogens with one attached hydrogen (secondary N) is 1. The van der Waals surface area contributed by atoms with Gasteiger partial charge >= 0.3 is 6.03 Å². The fraction of sp³-hybridized carbons (Fsp3) is 0.227. The molecule has 1 N–H and O–H groups in total. The predicted molar refractivity (Wildman–Crippen MR) is 110 cm³/mol. The van der Waals surface area contributed by atoms with Gasteiger partial charge in [-0.25, -0.2) is 4.79 Å². The molecule has 0 saturated carbocycles. The molecule has 1 aliphatic heterocycles. The number of amides is 3. The highest BCUT2D eigenvalue weighted by Gasteiger charge is 2.50. The Morgan fingerprint density at radius 2 is 1.82 bits per heavy atom. The van der Waals surface area contributed by atoms with Crippen molar-refractivity contribution in [2.45, 2.75) is 25.8 Å². The van der Waals surface area contributed by atoms with E-state index >= 15 is 0 Å². The molecular weight excluding hydrogens is 372 g/mol. The number of urea groups is 1. The summed E-state index contributed by atoms with van der Waals surface area (Å²) in [5, 5.41) is 4.69. The van der Waals surface area contributed by atoms with E-state index in [9.17, 15) is 14.4 Å². The van der Waals surface area contributed by atoms with Gasteiger partial charge in [0.05, 0.1) is 11.4 Å². The Hall–Kier alpha value is -2.99. The molecule has 5 nitrogen and oxygen atoms in total. The van der Waals surface area contributed by atoms with Crippen LogP contribution in [0.1, 0.15) is 34.0 Å². The molecule has 0 radical (unpaired) electrons. The molecule has 0 bridgehead atoms. The van der Waals surface area contributed by atoms with Crippen LogP contribution in [0.4, 0.5) is 4.79 Å². The molecule has 2 heterocycles. The fourth-order valence-corrected chi connectivity index (χ4v) is 4.50. The second-order valence-corrected chi connectivity index (χ2v) is 8.18. The number of aryl methyl sites for hydroxylation is 1. The van der Waals surface area contributed by atoms with E-state index in [1.54, 1.807) is 13.0 Å². The van der Waals surface area contributed by atoms with Crippen LogP contribution in [0.15, 0.2) is 54.6 Å². The molecule has 1 unspecified atom stereocenters. The molecular formula is C22H20N2O3S. The van der Waals surface area contributed by atoms with Gasteiger partial charge in [0.15, 0.2) is 5.78 Å². The summed E-state index contributed by atoms with van der Waals surface area (Å²) in [6, 6.07) is 16.5. The van der Waals surface area contributed by atoms with Crippen molar-refractivity contribution in [2.24, 2.45) is 0 Å². The molecule has 2 aromatic carbocycles. The number of ketones is 1. The molecule has 1 aromatic heterocycles. The van der Waals surface area contributed by atoms with Crippen LogP contribution < -0.4 is 5.32 Å². The van der Waals surface area contributed by atoms with Crippen LogP contribution in [0.2, 0.25) is 0 Å². The van der Waals surface area contributed by atoms with Crippen LogP contribution in [-0.2, 0) is 16.8 Å². The summed E-state index contributed by atoms with van der Waals surface area (Å²) >= 11 is 1.41. The smallest absolute Gasteiger partial charge is 0.319 e. The first-order valence-electron chi connectivity index (χ1n) is 9.18. The van der Waals surface area contributed by atoms with Crippen LogP contribution in [-0.4, -0.2) is 29.2 Å². The topological polar surface area (TPSA) is 66.5 Å². The van der Waals surface area contributed by atoms with Gasteiger partial charge in [0.1, 0.15) is 5.54 Å². The standard InChI is InChI=1S/C22H20N2O3S/c1-3-15-11-12-19(28-15)18(25)13-24-20(26)22(2,23-21(24)27)17-10-6-8-14-7-4-5-9-16(14)17/h4-12H,3,13H2,1-2H3,(H,23,27). The highest BCUT2D eigenvalue weighted by atomic mass is 32.1. The largest absolute Gasteiger partial charge is 0.325 e. The van der Waals surface area contributed by atoms with Crippen molar-refractivity contribution in [1.82, 2.24) is 10.2 Å². The maximum atomic E-state index is 13.2. The lowest BCUT2D eigenvalue weighted by Gasteiger charge is -2.24. The lowest BCUT2D eigenvalue weighted by molar-refractivity contribution is -0.130. The summed E-state index contributed by atoms with van der Waals surface area (Å²) < 4.78 is 0. The zero-order chi connectivity index (χ0) is 19.9. The molecule has 1 atom stereocenters. The fourth-order valence-electron chi connectivity index (χ4n) is 3.62. The van der Waals surface area contributed by atoms with Crippen molar-refractivity contribution in [1.29, 1.82) is 0 Å². The number of carbonyl (C=O) groups is 3. The van der Waals surface area contributed by atoms with Gasteiger partial charge in [0, 0.05) is 4.88 Å². The Kier molecular flexibility index (Phi) is 4.51. The molecule has 142 valence electrons. The number of fused-ring (bicyclic) bond motifs is 1. The molecule has 1 aliphatic rings. The van der Waals surface area contributed by atoms with E-state index < -0.39 is 17.5 Å². The minimum Gasteiger partial charge on any atom is -0.319 e. The van der Waals surface area contributed by atoms with Gasteiger partial charge in [-0.05, 0) is 41.8 Å². The summed E-state index contributed by atoms with van der Waals surface area (Å²) in [5.41, 5.74) is -0.481. The highest BCUT2D eigenvalue weighted by molar-refractivity contribution is 7.14. The third kappa shape index (κ3) is 2.90. The number of rotatable bonds is 5. The first-order valence-corrected chi connectivity index (χ1v) is 10.00. The van der Waals surface area contributed by atoms with Crippen molar-refractivity contribution in [3.8, 4) is 0 Å². The van der Waals surface area contributed by atoms with E-state index in [4.69, 9.17) is 0 Å². The zero-order valence-corrected chi connectivity index (χ0v) is 16.5. The van der Waals surface area contributed by atoms with Gasteiger partial charge < -0.3 is 5.32 Å². The maximum Gasteiger partial charge on any atom is 0.325 e. The van der Waals surface area contributed by atoms with Crippen molar-refractivity contribution < 1.29 is 14.4 Å². The third-order valence-electron chi connectivity index (χ3n) is 5.19. The van der Waals surface area contributed by atoms with Gasteiger partial charge in [0.25, 0.3) is 5.91 Å². The van der Waals surface area contributed by atoms with E-state index in [1.807, 2.05) is 55.5 Å². The van der Waals surface area contributed by atoms with Crippen molar-refractivity contribution in [2.75, 3.05) is 6.54 Å².